The standard InChI is InChI=1S/C28H26Cl2FN3O4/c29-22-10-6-18(14-27(22)33(35)36)25-12-13-26(19-7-11-23(30)28(15-19)34(37)38)32(25)20-8-9-21(24(31)16-20)17-4-2-1-3-5-17/h6-11,14-17,25-26H,1-5,12-13H2/t25-,26-/m1/s1. The molecule has 0 bridgehead atoms. The maximum Gasteiger partial charge on any atom is 0.288 e. The topological polar surface area (TPSA) is 89.5 Å². The highest BCUT2D eigenvalue weighted by Gasteiger charge is 2.37. The van der Waals surface area contributed by atoms with E-state index < -0.39 is 9.85 Å². The van der Waals surface area contributed by atoms with E-state index in [1.807, 2.05) is 17.0 Å². The molecule has 1 saturated carbocycles. The van der Waals surface area contributed by atoms with Gasteiger partial charge >= 0.3 is 0 Å². The molecule has 2 aliphatic rings. The van der Waals surface area contributed by atoms with Crippen molar-refractivity contribution < 1.29 is 14.2 Å². The lowest BCUT2D eigenvalue weighted by Gasteiger charge is -2.34. The van der Waals surface area contributed by atoms with E-state index in [9.17, 15) is 20.2 Å². The van der Waals surface area contributed by atoms with Crippen LogP contribution in [0.5, 0.6) is 0 Å². The van der Waals surface area contributed by atoms with Crippen molar-refractivity contribution in [1.29, 1.82) is 0 Å². The predicted octanol–water partition coefficient (Wildman–Crippen LogP) is 9.08. The Morgan fingerprint density at radius 1 is 0.737 bits per heavy atom. The van der Waals surface area contributed by atoms with Crippen molar-refractivity contribution in [2.75, 3.05) is 4.90 Å². The van der Waals surface area contributed by atoms with Crippen LogP contribution in [-0.4, -0.2) is 9.85 Å². The normalized spacial score (nSPS) is 20.0. The molecular formula is C28H26Cl2FN3O4. The zero-order valence-corrected chi connectivity index (χ0v) is 22.0. The first kappa shape index (κ1) is 26.4. The summed E-state index contributed by atoms with van der Waals surface area (Å²) in [5, 5.41) is 23.2. The SMILES string of the molecule is O=[N+]([O-])c1cc([C@H]2CC[C@H](c3ccc(Cl)c([N+](=O)[O-])c3)N2c2ccc(C3CCCCC3)c(F)c2)ccc1Cl. The minimum atomic E-state index is -0.524. The van der Waals surface area contributed by atoms with Gasteiger partial charge in [0.05, 0.1) is 21.9 Å². The van der Waals surface area contributed by atoms with Crippen molar-refractivity contribution in [1.82, 2.24) is 0 Å². The molecule has 0 radical (unpaired) electrons. The molecule has 0 spiro atoms. The summed E-state index contributed by atoms with van der Waals surface area (Å²) in [7, 11) is 0. The van der Waals surface area contributed by atoms with Gasteiger partial charge in [-0.25, -0.2) is 4.39 Å². The summed E-state index contributed by atoms with van der Waals surface area (Å²) >= 11 is 12.1. The van der Waals surface area contributed by atoms with Crippen LogP contribution in [0.2, 0.25) is 10.0 Å². The molecule has 3 aromatic rings. The predicted molar refractivity (Wildman–Crippen MR) is 146 cm³/mol. The first-order valence-electron chi connectivity index (χ1n) is 12.7. The van der Waals surface area contributed by atoms with E-state index in [4.69, 9.17) is 23.2 Å². The number of benzene rings is 3. The molecule has 0 aromatic heterocycles. The fraction of sp³-hybridized carbons (Fsp3) is 0.357. The fourth-order valence-electron chi connectivity index (χ4n) is 6.00. The molecule has 0 N–H and O–H groups in total. The molecule has 0 unspecified atom stereocenters. The van der Waals surface area contributed by atoms with Gasteiger partial charge in [-0.2, -0.15) is 0 Å². The number of hydrogen-bond acceptors (Lipinski definition) is 5. The smallest absolute Gasteiger partial charge is 0.288 e. The van der Waals surface area contributed by atoms with Crippen molar-refractivity contribution >= 4 is 40.3 Å². The maximum atomic E-state index is 15.6. The third-order valence-corrected chi connectivity index (χ3v) is 8.45. The van der Waals surface area contributed by atoms with Crippen LogP contribution in [0.15, 0.2) is 54.6 Å². The lowest BCUT2D eigenvalue weighted by molar-refractivity contribution is -0.384. The lowest BCUT2D eigenvalue weighted by atomic mass is 9.84. The van der Waals surface area contributed by atoms with E-state index in [2.05, 4.69) is 0 Å². The summed E-state index contributed by atoms with van der Waals surface area (Å²) in [6, 6.07) is 14.0. The van der Waals surface area contributed by atoms with Crippen LogP contribution in [0.4, 0.5) is 21.5 Å². The van der Waals surface area contributed by atoms with Gasteiger partial charge in [0, 0.05) is 17.8 Å². The third kappa shape index (κ3) is 5.07. The van der Waals surface area contributed by atoms with Crippen LogP contribution in [-0.2, 0) is 0 Å². The van der Waals surface area contributed by atoms with Gasteiger partial charge < -0.3 is 4.90 Å². The Balaban J connectivity index is 1.59. The molecule has 0 amide bonds. The van der Waals surface area contributed by atoms with Crippen molar-refractivity contribution in [3.05, 3.63) is 107 Å². The third-order valence-electron chi connectivity index (χ3n) is 7.82. The van der Waals surface area contributed by atoms with E-state index >= 15 is 4.39 Å². The van der Waals surface area contributed by atoms with Crippen molar-refractivity contribution in [3.63, 3.8) is 0 Å². The zero-order valence-electron chi connectivity index (χ0n) is 20.5. The van der Waals surface area contributed by atoms with E-state index in [1.165, 1.54) is 36.8 Å². The minimum absolute atomic E-state index is 0.0380. The highest BCUT2D eigenvalue weighted by molar-refractivity contribution is 6.33. The van der Waals surface area contributed by atoms with Gasteiger partial charge in [0.1, 0.15) is 15.9 Å². The summed E-state index contributed by atoms with van der Waals surface area (Å²) in [4.78, 5) is 24.1. The first-order valence-corrected chi connectivity index (χ1v) is 13.5. The van der Waals surface area contributed by atoms with Gasteiger partial charge in [-0.05, 0) is 72.6 Å². The number of nitro benzene ring substituents is 2. The van der Waals surface area contributed by atoms with Crippen molar-refractivity contribution in [3.8, 4) is 0 Å². The number of hydrogen-bond donors (Lipinski definition) is 0. The van der Waals surface area contributed by atoms with Gasteiger partial charge in [0.2, 0.25) is 0 Å². The van der Waals surface area contributed by atoms with Crippen LogP contribution in [0.25, 0.3) is 0 Å². The molecule has 2 fully saturated rings. The molecule has 5 rings (SSSR count). The Bertz CT molecular complexity index is 1330. The fourth-order valence-corrected chi connectivity index (χ4v) is 6.37. The summed E-state index contributed by atoms with van der Waals surface area (Å²) in [6.45, 7) is 0. The summed E-state index contributed by atoms with van der Waals surface area (Å²) in [5.41, 5.74) is 2.27. The first-order chi connectivity index (χ1) is 18.2. The van der Waals surface area contributed by atoms with Crippen LogP contribution < -0.4 is 4.90 Å². The molecule has 3 aromatic carbocycles. The van der Waals surface area contributed by atoms with Gasteiger partial charge in [-0.3, -0.25) is 20.2 Å². The number of anilines is 1. The van der Waals surface area contributed by atoms with Crippen LogP contribution >= 0.6 is 23.2 Å². The Hall–Kier alpha value is -3.23. The van der Waals surface area contributed by atoms with Gasteiger partial charge in [-0.1, -0.05) is 60.7 Å². The molecule has 1 aliphatic carbocycles. The van der Waals surface area contributed by atoms with Crippen molar-refractivity contribution in [2.45, 2.75) is 62.9 Å². The number of rotatable bonds is 6. The Morgan fingerprint density at radius 3 is 1.74 bits per heavy atom. The Morgan fingerprint density at radius 2 is 1.26 bits per heavy atom. The van der Waals surface area contributed by atoms with E-state index in [0.29, 0.717) is 35.2 Å². The number of nitro groups is 2. The molecule has 198 valence electrons. The average Bonchev–Trinajstić information content (AvgIpc) is 3.34. The monoisotopic (exact) mass is 557 g/mol. The van der Waals surface area contributed by atoms with Crippen LogP contribution in [0.1, 0.15) is 79.6 Å². The second-order valence-electron chi connectivity index (χ2n) is 9.99. The summed E-state index contributed by atoms with van der Waals surface area (Å²) < 4.78 is 15.6. The molecule has 1 heterocycles. The lowest BCUT2D eigenvalue weighted by Crippen LogP contribution is -2.26. The van der Waals surface area contributed by atoms with Crippen LogP contribution in [0.3, 0.4) is 0 Å². The molecule has 38 heavy (non-hydrogen) atoms. The van der Waals surface area contributed by atoms with E-state index in [-0.39, 0.29) is 45.2 Å². The van der Waals surface area contributed by atoms with Gasteiger partial charge in [0.25, 0.3) is 11.4 Å². The number of halogens is 3. The Labute approximate surface area is 229 Å². The molecule has 2 atom stereocenters. The van der Waals surface area contributed by atoms with Crippen molar-refractivity contribution in [2.24, 2.45) is 0 Å². The second-order valence-corrected chi connectivity index (χ2v) is 10.8. The minimum Gasteiger partial charge on any atom is -0.357 e. The van der Waals surface area contributed by atoms with Gasteiger partial charge in [-0.15, -0.1) is 0 Å². The summed E-state index contributed by atoms with van der Waals surface area (Å²) in [5.74, 6) is -0.0798. The highest BCUT2D eigenvalue weighted by Crippen LogP contribution is 2.49. The molecule has 10 heteroatoms. The maximum absolute atomic E-state index is 15.6. The second kappa shape index (κ2) is 10.9. The highest BCUT2D eigenvalue weighted by atomic mass is 35.5. The zero-order chi connectivity index (χ0) is 27.0. The van der Waals surface area contributed by atoms with Crippen LogP contribution in [0, 0.1) is 26.0 Å². The molecular weight excluding hydrogens is 532 g/mol. The largest absolute Gasteiger partial charge is 0.357 e. The number of nitrogens with zero attached hydrogens (tertiary/aromatic N) is 3. The van der Waals surface area contributed by atoms with E-state index in [1.54, 1.807) is 12.1 Å². The molecule has 1 saturated heterocycles. The summed E-state index contributed by atoms with van der Waals surface area (Å²) in [6.07, 6.45) is 6.49. The van der Waals surface area contributed by atoms with E-state index in [0.717, 1.165) is 25.7 Å². The molecule has 1 aliphatic heterocycles. The Kier molecular flexibility index (Phi) is 7.54. The molecule has 7 nitrogen and oxygen atoms in total. The quantitative estimate of drug-likeness (QED) is 0.222. The van der Waals surface area contributed by atoms with Gasteiger partial charge in [0.15, 0.2) is 0 Å². The average molecular weight is 558 g/mol.